The molecule has 0 saturated carbocycles. The first-order valence-electron chi connectivity index (χ1n) is 28.6. The van der Waals surface area contributed by atoms with E-state index in [9.17, 15) is 0 Å². The van der Waals surface area contributed by atoms with Crippen LogP contribution in [-0.4, -0.2) is 4.57 Å². The third-order valence-corrected chi connectivity index (χ3v) is 16.8. The fourth-order valence-corrected chi connectivity index (χ4v) is 11.8. The van der Waals surface area contributed by atoms with Gasteiger partial charge in [-0.2, -0.15) is 0 Å². The van der Waals surface area contributed by atoms with Gasteiger partial charge in [-0.15, -0.1) is 0 Å². The van der Waals surface area contributed by atoms with Crippen molar-refractivity contribution < 1.29 is 0 Å². The highest BCUT2D eigenvalue weighted by atomic mass is 15.1. The molecule has 0 bridgehead atoms. The molecule has 0 aliphatic heterocycles. The van der Waals surface area contributed by atoms with Crippen molar-refractivity contribution in [3.05, 3.63) is 203 Å². The highest BCUT2D eigenvalue weighted by Gasteiger charge is 2.28. The molecule has 11 aromatic rings. The van der Waals surface area contributed by atoms with Gasteiger partial charge < -0.3 is 9.47 Å². The quantitative estimate of drug-likeness (QED) is 0.151. The Labute approximate surface area is 466 Å². The van der Waals surface area contributed by atoms with E-state index in [-0.39, 0.29) is 32.5 Å². The molecule has 78 heavy (non-hydrogen) atoms. The van der Waals surface area contributed by atoms with Gasteiger partial charge in [0.05, 0.1) is 28.1 Å². The molecule has 0 amide bonds. The fourth-order valence-electron chi connectivity index (χ4n) is 11.8. The summed E-state index contributed by atoms with van der Waals surface area (Å²) in [5, 5.41) is 10.1. The lowest BCUT2D eigenvalue weighted by Gasteiger charge is -2.31. The van der Waals surface area contributed by atoms with Crippen molar-refractivity contribution in [2.75, 3.05) is 4.90 Å². The van der Waals surface area contributed by atoms with Crippen LogP contribution in [-0.2, 0) is 32.5 Å². The number of hydrogen-bond donors (Lipinski definition) is 0. The smallest absolute Gasteiger partial charge is 0.0541 e. The standard InChI is InChI=1S/C76H82N2/c1-71(2,3)52-30-36-67-62(45-52)63-46-53(72(4,5)6)31-37-68(63)78(67)66-35-29-48-26-32-60-65(34-28-47-27-33-61(66)70(48)69(47)60)77(58-23-21-22-49(42-58)50-38-54(73(7,8)9)43-55(39-50)74(10,11)12)64-25-20-19-24-59(64)51-40-56(75(13,14)15)44-57(41-51)76(16,17)18/h19-46H,1-18H3. The molecule has 0 unspecified atom stereocenters. The molecular weight excluding hydrogens is 941 g/mol. The predicted molar refractivity (Wildman–Crippen MR) is 342 cm³/mol. The number of hydrogen-bond acceptors (Lipinski definition) is 1. The minimum Gasteiger partial charge on any atom is -0.309 e. The maximum absolute atomic E-state index is 2.57. The minimum atomic E-state index is -0.0403. The summed E-state index contributed by atoms with van der Waals surface area (Å²) in [6.07, 6.45) is 0. The molecule has 2 heteroatoms. The number of fused-ring (bicyclic) bond motifs is 3. The van der Waals surface area contributed by atoms with Crippen LogP contribution in [0.3, 0.4) is 0 Å². The lowest BCUT2D eigenvalue weighted by molar-refractivity contribution is 0.568. The SMILES string of the molecule is CC(C)(C)c1cc(-c2cccc(N(c3ccccc3-c3cc(C(C)(C)C)cc(C(C)(C)C)c3)c3ccc4ccc5c(-n6c7ccc(C(C)(C)C)cc7c7cc(C(C)(C)C)ccc76)ccc6ccc3c4c65)c2)cc(C(C)(C)C)c1. The highest BCUT2D eigenvalue weighted by Crippen LogP contribution is 2.50. The van der Waals surface area contributed by atoms with E-state index >= 15 is 0 Å². The van der Waals surface area contributed by atoms with Crippen LogP contribution < -0.4 is 4.90 Å². The van der Waals surface area contributed by atoms with E-state index < -0.39 is 0 Å². The predicted octanol–water partition coefficient (Wildman–Crippen LogP) is 22.3. The molecule has 11 rings (SSSR count). The Balaban J connectivity index is 1.20. The third kappa shape index (κ3) is 9.37. The number of aromatic nitrogens is 1. The average Bonchev–Trinajstić information content (AvgIpc) is 3.83. The summed E-state index contributed by atoms with van der Waals surface area (Å²) in [5.74, 6) is 0. The molecule has 0 atom stereocenters. The van der Waals surface area contributed by atoms with Crippen LogP contribution in [0.25, 0.3) is 82.1 Å². The molecule has 0 fully saturated rings. The Kier molecular flexibility index (Phi) is 12.3. The highest BCUT2D eigenvalue weighted by molar-refractivity contribution is 6.27. The maximum atomic E-state index is 2.57. The second-order valence-corrected chi connectivity index (χ2v) is 28.9. The van der Waals surface area contributed by atoms with Crippen LogP contribution in [0.2, 0.25) is 0 Å². The fraction of sp³-hybridized carbons (Fsp3) is 0.316. The van der Waals surface area contributed by atoms with Crippen molar-refractivity contribution in [2.24, 2.45) is 0 Å². The largest absolute Gasteiger partial charge is 0.309 e. The Morgan fingerprint density at radius 2 is 0.744 bits per heavy atom. The second kappa shape index (κ2) is 18.2. The van der Waals surface area contributed by atoms with Gasteiger partial charge >= 0.3 is 0 Å². The molecule has 1 heterocycles. The lowest BCUT2D eigenvalue weighted by atomic mass is 9.78. The Morgan fingerprint density at radius 3 is 1.26 bits per heavy atom. The summed E-state index contributed by atoms with van der Waals surface area (Å²) < 4.78 is 2.54. The van der Waals surface area contributed by atoms with Crippen LogP contribution in [0.1, 0.15) is 158 Å². The number of para-hydroxylation sites is 1. The zero-order chi connectivity index (χ0) is 55.8. The topological polar surface area (TPSA) is 8.17 Å². The molecule has 1 aromatic heterocycles. The van der Waals surface area contributed by atoms with Crippen LogP contribution in [0, 0.1) is 0 Å². The van der Waals surface area contributed by atoms with E-state index in [1.165, 1.54) is 115 Å². The maximum Gasteiger partial charge on any atom is 0.0541 e. The minimum absolute atomic E-state index is 0.0131. The summed E-state index contributed by atoms with van der Waals surface area (Å²) in [6.45, 7) is 41.9. The summed E-state index contributed by atoms with van der Waals surface area (Å²) in [7, 11) is 0. The van der Waals surface area contributed by atoms with Gasteiger partial charge in [-0.1, -0.05) is 240 Å². The van der Waals surface area contributed by atoms with Crippen LogP contribution >= 0.6 is 0 Å². The number of benzene rings is 10. The summed E-state index contributed by atoms with van der Waals surface area (Å²) >= 11 is 0. The van der Waals surface area contributed by atoms with Gasteiger partial charge in [0, 0.05) is 32.8 Å². The van der Waals surface area contributed by atoms with Gasteiger partial charge in [0.1, 0.15) is 0 Å². The second-order valence-electron chi connectivity index (χ2n) is 28.9. The first-order chi connectivity index (χ1) is 36.4. The monoisotopic (exact) mass is 1020 g/mol. The van der Waals surface area contributed by atoms with Crippen molar-refractivity contribution >= 4 is 71.2 Å². The van der Waals surface area contributed by atoms with Gasteiger partial charge in [-0.25, -0.2) is 0 Å². The Bertz CT molecular complexity index is 3990. The van der Waals surface area contributed by atoms with E-state index in [2.05, 4.69) is 304 Å². The molecule has 0 spiro atoms. The zero-order valence-corrected chi connectivity index (χ0v) is 50.1. The van der Waals surface area contributed by atoms with Crippen molar-refractivity contribution in [2.45, 2.75) is 157 Å². The van der Waals surface area contributed by atoms with Gasteiger partial charge in [0.15, 0.2) is 0 Å². The molecule has 2 nitrogen and oxygen atoms in total. The van der Waals surface area contributed by atoms with Gasteiger partial charge in [0.25, 0.3) is 0 Å². The van der Waals surface area contributed by atoms with Crippen molar-refractivity contribution in [3.8, 4) is 27.9 Å². The van der Waals surface area contributed by atoms with Gasteiger partial charge in [0.2, 0.25) is 0 Å². The molecule has 0 saturated heterocycles. The lowest BCUT2D eigenvalue weighted by Crippen LogP contribution is -2.17. The van der Waals surface area contributed by atoms with E-state index in [0.29, 0.717) is 0 Å². The van der Waals surface area contributed by atoms with Crippen molar-refractivity contribution in [1.82, 2.24) is 4.57 Å². The van der Waals surface area contributed by atoms with E-state index in [0.717, 1.165) is 17.1 Å². The third-order valence-electron chi connectivity index (χ3n) is 16.8. The summed E-state index contributed by atoms with van der Waals surface area (Å²) in [6, 6.07) is 66.4. The van der Waals surface area contributed by atoms with Crippen molar-refractivity contribution in [1.29, 1.82) is 0 Å². The van der Waals surface area contributed by atoms with Crippen LogP contribution in [0.5, 0.6) is 0 Å². The molecule has 396 valence electrons. The first kappa shape index (κ1) is 52.9. The van der Waals surface area contributed by atoms with Gasteiger partial charge in [-0.3, -0.25) is 0 Å². The number of rotatable bonds is 6. The normalized spacial score (nSPS) is 13.3. The number of anilines is 3. The molecule has 0 radical (unpaired) electrons. The Hall–Kier alpha value is -7.16. The molecule has 0 aliphatic carbocycles. The molecule has 0 N–H and O–H groups in total. The van der Waals surface area contributed by atoms with Crippen LogP contribution in [0.15, 0.2) is 170 Å². The Morgan fingerprint density at radius 1 is 0.295 bits per heavy atom. The van der Waals surface area contributed by atoms with E-state index in [1.54, 1.807) is 0 Å². The summed E-state index contributed by atoms with van der Waals surface area (Å²) in [5.41, 5.74) is 20.0. The first-order valence-corrected chi connectivity index (χ1v) is 28.6. The average molecular weight is 1020 g/mol. The van der Waals surface area contributed by atoms with E-state index in [4.69, 9.17) is 0 Å². The molecule has 0 aliphatic rings. The summed E-state index contributed by atoms with van der Waals surface area (Å²) in [4.78, 5) is 2.57. The molecular formula is C76H82N2. The van der Waals surface area contributed by atoms with Gasteiger partial charge in [-0.05, 0) is 159 Å². The van der Waals surface area contributed by atoms with Crippen molar-refractivity contribution in [3.63, 3.8) is 0 Å². The van der Waals surface area contributed by atoms with E-state index in [1.807, 2.05) is 0 Å². The zero-order valence-electron chi connectivity index (χ0n) is 50.1. The van der Waals surface area contributed by atoms with Crippen LogP contribution in [0.4, 0.5) is 17.1 Å². The number of nitrogens with zero attached hydrogens (tertiary/aromatic N) is 2. The molecule has 10 aromatic carbocycles.